The Balaban J connectivity index is 3.40. The van der Waals surface area contributed by atoms with Gasteiger partial charge in [0.1, 0.15) is 5.75 Å². The lowest BCUT2D eigenvalue weighted by atomic mass is 10.1. The minimum Gasteiger partial charge on any atom is -0.506 e. The Morgan fingerprint density at radius 2 is 2.06 bits per heavy atom. The second kappa shape index (κ2) is 4.94. The zero-order valence-electron chi connectivity index (χ0n) is 8.78. The van der Waals surface area contributed by atoms with Crippen molar-refractivity contribution in [2.75, 3.05) is 14.2 Å². The van der Waals surface area contributed by atoms with Gasteiger partial charge in [-0.1, -0.05) is 11.6 Å². The van der Waals surface area contributed by atoms with Crippen molar-refractivity contribution in [1.29, 1.82) is 0 Å². The molecule has 0 heterocycles. The van der Waals surface area contributed by atoms with Crippen LogP contribution < -0.4 is 9.47 Å². The van der Waals surface area contributed by atoms with Crippen molar-refractivity contribution in [3.63, 3.8) is 0 Å². The zero-order valence-corrected chi connectivity index (χ0v) is 9.54. The number of benzene rings is 1. The summed E-state index contributed by atoms with van der Waals surface area (Å²) in [5, 5.41) is 18.4. The van der Waals surface area contributed by atoms with Crippen molar-refractivity contribution in [2.24, 2.45) is 0 Å². The average molecular weight is 247 g/mol. The van der Waals surface area contributed by atoms with Crippen LogP contribution in [-0.2, 0) is 11.2 Å². The molecule has 0 fully saturated rings. The molecule has 0 aliphatic rings. The van der Waals surface area contributed by atoms with Crippen molar-refractivity contribution in [3.8, 4) is 17.2 Å². The number of aliphatic carboxylic acids is 1. The van der Waals surface area contributed by atoms with Crippen LogP contribution in [0.15, 0.2) is 6.07 Å². The van der Waals surface area contributed by atoms with Crippen molar-refractivity contribution < 1.29 is 24.5 Å². The molecule has 0 bridgehead atoms. The largest absolute Gasteiger partial charge is 0.506 e. The molecule has 0 aliphatic heterocycles. The van der Waals surface area contributed by atoms with Gasteiger partial charge in [-0.15, -0.1) is 0 Å². The van der Waals surface area contributed by atoms with Crippen molar-refractivity contribution in [3.05, 3.63) is 16.7 Å². The fraction of sp³-hybridized carbons (Fsp3) is 0.300. The predicted octanol–water partition coefficient (Wildman–Crippen LogP) is 1.69. The third-order valence-electron chi connectivity index (χ3n) is 2.02. The number of ether oxygens (including phenoxy) is 2. The fourth-order valence-corrected chi connectivity index (χ4v) is 1.55. The van der Waals surface area contributed by atoms with Gasteiger partial charge in [0.25, 0.3) is 0 Å². The van der Waals surface area contributed by atoms with Gasteiger partial charge in [0.05, 0.1) is 31.2 Å². The maximum absolute atomic E-state index is 10.6. The Morgan fingerprint density at radius 3 is 2.50 bits per heavy atom. The summed E-state index contributed by atoms with van der Waals surface area (Å²) in [6.45, 7) is 0. The van der Waals surface area contributed by atoms with Crippen LogP contribution in [0.2, 0.25) is 5.02 Å². The lowest BCUT2D eigenvalue weighted by molar-refractivity contribution is -0.136. The Bertz CT molecular complexity index is 416. The predicted molar refractivity (Wildman–Crippen MR) is 57.6 cm³/mol. The second-order valence-corrected chi connectivity index (χ2v) is 3.40. The normalized spacial score (nSPS) is 9.94. The van der Waals surface area contributed by atoms with Gasteiger partial charge in [-0.2, -0.15) is 0 Å². The van der Waals surface area contributed by atoms with Gasteiger partial charge in [0, 0.05) is 6.07 Å². The minimum atomic E-state index is -1.10. The molecule has 16 heavy (non-hydrogen) atoms. The molecule has 2 N–H and O–H groups in total. The molecule has 0 saturated heterocycles. The Morgan fingerprint density at radius 1 is 1.44 bits per heavy atom. The number of rotatable bonds is 4. The van der Waals surface area contributed by atoms with E-state index < -0.39 is 12.4 Å². The van der Waals surface area contributed by atoms with Gasteiger partial charge in [-0.25, -0.2) is 0 Å². The zero-order chi connectivity index (χ0) is 12.3. The topological polar surface area (TPSA) is 76.0 Å². The first-order chi connectivity index (χ1) is 7.51. The first-order valence-corrected chi connectivity index (χ1v) is 4.73. The highest BCUT2D eigenvalue weighted by Crippen LogP contribution is 2.42. The highest BCUT2D eigenvalue weighted by molar-refractivity contribution is 6.32. The maximum atomic E-state index is 10.6. The van der Waals surface area contributed by atoms with Gasteiger partial charge >= 0.3 is 5.97 Å². The molecule has 88 valence electrons. The summed E-state index contributed by atoms with van der Waals surface area (Å²) in [4.78, 5) is 10.6. The van der Waals surface area contributed by atoms with E-state index in [1.54, 1.807) is 0 Å². The van der Waals surface area contributed by atoms with Crippen molar-refractivity contribution >= 4 is 17.6 Å². The number of aromatic hydroxyl groups is 1. The van der Waals surface area contributed by atoms with E-state index in [9.17, 15) is 9.90 Å². The SMILES string of the molecule is COc1cc(Cl)c(O)c(CC(=O)O)c1OC. The van der Waals surface area contributed by atoms with Crippen molar-refractivity contribution in [1.82, 2.24) is 0 Å². The van der Waals surface area contributed by atoms with E-state index in [0.29, 0.717) is 0 Å². The summed E-state index contributed by atoms with van der Waals surface area (Å²) in [5.41, 5.74) is 0.0966. The van der Waals surface area contributed by atoms with E-state index in [1.165, 1.54) is 20.3 Å². The number of phenolic OH excluding ortho intramolecular Hbond substituents is 1. The number of carbonyl (C=O) groups is 1. The maximum Gasteiger partial charge on any atom is 0.308 e. The number of hydrogen-bond donors (Lipinski definition) is 2. The average Bonchev–Trinajstić information content (AvgIpc) is 2.23. The first kappa shape index (κ1) is 12.4. The summed E-state index contributed by atoms with van der Waals surface area (Å²) in [6.07, 6.45) is -0.397. The number of hydrogen-bond acceptors (Lipinski definition) is 4. The highest BCUT2D eigenvalue weighted by atomic mass is 35.5. The van der Waals surface area contributed by atoms with Gasteiger partial charge in [0.15, 0.2) is 11.5 Å². The third kappa shape index (κ3) is 2.30. The van der Waals surface area contributed by atoms with Crippen LogP contribution in [0, 0.1) is 0 Å². The molecule has 1 aromatic rings. The molecular weight excluding hydrogens is 236 g/mol. The van der Waals surface area contributed by atoms with Gasteiger partial charge in [-0.3, -0.25) is 4.79 Å². The Hall–Kier alpha value is -1.62. The van der Waals surface area contributed by atoms with E-state index in [0.717, 1.165) is 0 Å². The number of phenols is 1. The summed E-state index contributed by atoms with van der Waals surface area (Å²) >= 11 is 5.73. The molecule has 1 rings (SSSR count). The summed E-state index contributed by atoms with van der Waals surface area (Å²) in [7, 11) is 2.76. The molecule has 5 nitrogen and oxygen atoms in total. The molecule has 0 spiro atoms. The molecule has 0 saturated carbocycles. The second-order valence-electron chi connectivity index (χ2n) is 2.99. The number of carboxylic acid groups (broad SMARTS) is 1. The quantitative estimate of drug-likeness (QED) is 0.846. The van der Waals surface area contributed by atoms with Crippen LogP contribution in [0.4, 0.5) is 0 Å². The van der Waals surface area contributed by atoms with E-state index >= 15 is 0 Å². The number of carboxylic acids is 1. The van der Waals surface area contributed by atoms with Crippen LogP contribution >= 0.6 is 11.6 Å². The molecule has 0 amide bonds. The van der Waals surface area contributed by atoms with Gasteiger partial charge in [0.2, 0.25) is 0 Å². The molecule has 0 radical (unpaired) electrons. The smallest absolute Gasteiger partial charge is 0.308 e. The molecule has 0 aliphatic carbocycles. The van der Waals surface area contributed by atoms with Crippen LogP contribution in [0.5, 0.6) is 17.2 Å². The summed E-state index contributed by atoms with van der Waals surface area (Å²) < 4.78 is 9.98. The first-order valence-electron chi connectivity index (χ1n) is 4.35. The Labute approximate surface area is 97.2 Å². The molecule has 0 unspecified atom stereocenters. The van der Waals surface area contributed by atoms with E-state index in [2.05, 4.69) is 0 Å². The van der Waals surface area contributed by atoms with Gasteiger partial charge < -0.3 is 19.7 Å². The van der Waals surface area contributed by atoms with Gasteiger partial charge in [-0.05, 0) is 0 Å². The lowest BCUT2D eigenvalue weighted by Gasteiger charge is -2.14. The standard InChI is InChI=1S/C10H11ClO5/c1-15-7-4-6(11)9(14)5(3-8(12)13)10(7)16-2/h4,14H,3H2,1-2H3,(H,12,13). The fourth-order valence-electron chi connectivity index (χ4n) is 1.34. The summed E-state index contributed by atoms with van der Waals surface area (Å²) in [6, 6.07) is 1.36. The third-order valence-corrected chi connectivity index (χ3v) is 2.31. The van der Waals surface area contributed by atoms with Crippen LogP contribution in [0.25, 0.3) is 0 Å². The van der Waals surface area contributed by atoms with Crippen LogP contribution in [0.1, 0.15) is 5.56 Å². The number of halogens is 1. The monoisotopic (exact) mass is 246 g/mol. The molecule has 0 atom stereocenters. The highest BCUT2D eigenvalue weighted by Gasteiger charge is 2.20. The Kier molecular flexibility index (Phi) is 3.84. The van der Waals surface area contributed by atoms with E-state index in [4.69, 9.17) is 26.2 Å². The molecule has 0 aromatic heterocycles. The molecule has 6 heteroatoms. The van der Waals surface area contributed by atoms with Crippen LogP contribution in [0.3, 0.4) is 0 Å². The lowest BCUT2D eigenvalue weighted by Crippen LogP contribution is -2.04. The van der Waals surface area contributed by atoms with E-state index in [1.807, 2.05) is 0 Å². The van der Waals surface area contributed by atoms with E-state index in [-0.39, 0.29) is 27.8 Å². The summed E-state index contributed by atoms with van der Waals surface area (Å²) in [5.74, 6) is -0.951. The minimum absolute atomic E-state index is 0.0221. The van der Waals surface area contributed by atoms with Crippen molar-refractivity contribution in [2.45, 2.75) is 6.42 Å². The number of methoxy groups -OCH3 is 2. The molecular formula is C10H11ClO5. The molecule has 1 aromatic carbocycles. The van der Waals surface area contributed by atoms with Crippen LogP contribution in [-0.4, -0.2) is 30.4 Å².